The van der Waals surface area contributed by atoms with Crippen LogP contribution in [0.2, 0.25) is 0 Å². The quantitative estimate of drug-likeness (QED) is 0.656. The van der Waals surface area contributed by atoms with Gasteiger partial charge in [0.25, 0.3) is 0 Å². The Morgan fingerprint density at radius 2 is 1.81 bits per heavy atom. The van der Waals surface area contributed by atoms with E-state index in [0.717, 1.165) is 5.39 Å². The number of carbonyl (C=O) groups is 2. The Morgan fingerprint density at radius 1 is 1.15 bits per heavy atom. The molecule has 1 aromatic heterocycles. The van der Waals surface area contributed by atoms with Gasteiger partial charge in [-0.2, -0.15) is 18.7 Å². The fourth-order valence-electron chi connectivity index (χ4n) is 2.27. The van der Waals surface area contributed by atoms with Crippen molar-refractivity contribution in [1.82, 2.24) is 10.0 Å². The molecule has 0 spiro atoms. The Kier molecular flexibility index (Phi) is 5.60. The number of aromatic nitrogens is 1. The summed E-state index contributed by atoms with van der Waals surface area (Å²) in [5.74, 6) is -2.31. The van der Waals surface area contributed by atoms with Crippen molar-refractivity contribution in [1.29, 1.82) is 0 Å². The van der Waals surface area contributed by atoms with Crippen molar-refractivity contribution in [2.24, 2.45) is 0 Å². The SMILES string of the molecule is CC(C)(C)OC(=O)n1cc(CCNOC(=O)C(F)(F)F)c2ccccc21. The van der Waals surface area contributed by atoms with Crippen molar-refractivity contribution >= 4 is 23.0 Å². The molecule has 142 valence electrons. The Morgan fingerprint density at radius 3 is 2.42 bits per heavy atom. The van der Waals surface area contributed by atoms with E-state index >= 15 is 0 Å². The number of para-hydroxylation sites is 1. The third kappa shape index (κ3) is 4.98. The van der Waals surface area contributed by atoms with Gasteiger partial charge in [-0.25, -0.2) is 9.59 Å². The molecule has 0 unspecified atom stereocenters. The van der Waals surface area contributed by atoms with E-state index in [9.17, 15) is 22.8 Å². The first-order chi connectivity index (χ1) is 12.0. The van der Waals surface area contributed by atoms with Crippen molar-refractivity contribution in [3.05, 3.63) is 36.0 Å². The molecule has 0 amide bonds. The largest absolute Gasteiger partial charge is 0.492 e. The smallest absolute Gasteiger partial charge is 0.443 e. The van der Waals surface area contributed by atoms with Gasteiger partial charge in [-0.3, -0.25) is 4.57 Å². The number of halogens is 3. The van der Waals surface area contributed by atoms with Crippen molar-refractivity contribution in [3.8, 4) is 0 Å². The zero-order valence-electron chi connectivity index (χ0n) is 14.5. The third-order valence-electron chi connectivity index (χ3n) is 3.28. The Labute approximate surface area is 147 Å². The summed E-state index contributed by atoms with van der Waals surface area (Å²) in [7, 11) is 0. The highest BCUT2D eigenvalue weighted by atomic mass is 19.4. The first kappa shape index (κ1) is 19.8. The number of nitrogens with one attached hydrogen (secondary N) is 1. The number of carbonyl (C=O) groups excluding carboxylic acids is 2. The molecule has 1 N–H and O–H groups in total. The average Bonchev–Trinajstić information content (AvgIpc) is 2.88. The van der Waals surface area contributed by atoms with Gasteiger partial charge in [0.15, 0.2) is 0 Å². The summed E-state index contributed by atoms with van der Waals surface area (Å²) in [5.41, 5.74) is 2.63. The average molecular weight is 372 g/mol. The minimum atomic E-state index is -5.06. The van der Waals surface area contributed by atoms with E-state index in [2.05, 4.69) is 4.84 Å². The summed E-state index contributed by atoms with van der Waals surface area (Å²) < 4.78 is 42.9. The number of hydrogen-bond acceptors (Lipinski definition) is 5. The van der Waals surface area contributed by atoms with Crippen LogP contribution in [0.4, 0.5) is 18.0 Å². The fraction of sp³-hybridized carbons (Fsp3) is 0.412. The Hall–Kier alpha value is -2.55. The van der Waals surface area contributed by atoms with Gasteiger partial charge < -0.3 is 9.57 Å². The zero-order valence-corrected chi connectivity index (χ0v) is 14.5. The van der Waals surface area contributed by atoms with E-state index in [4.69, 9.17) is 4.74 Å². The minimum absolute atomic E-state index is 0.0514. The number of hydroxylamine groups is 1. The molecular formula is C17H19F3N2O4. The highest BCUT2D eigenvalue weighted by molar-refractivity contribution is 5.92. The standard InChI is InChI=1S/C17H19F3N2O4/c1-16(2,3)25-15(24)22-10-11(12-6-4-5-7-13(12)22)8-9-21-26-14(23)17(18,19)20/h4-7,10,21H,8-9H2,1-3H3. The number of benzene rings is 1. The molecule has 0 saturated heterocycles. The van der Waals surface area contributed by atoms with Gasteiger partial charge in [0.05, 0.1) is 5.52 Å². The lowest BCUT2D eigenvalue weighted by atomic mass is 10.1. The number of hydrogen-bond donors (Lipinski definition) is 1. The van der Waals surface area contributed by atoms with Crippen LogP contribution >= 0.6 is 0 Å². The second-order valence-electron chi connectivity index (χ2n) is 6.55. The van der Waals surface area contributed by atoms with Gasteiger partial charge in [0, 0.05) is 18.1 Å². The van der Waals surface area contributed by atoms with Crippen molar-refractivity contribution < 1.29 is 32.3 Å². The number of rotatable bonds is 4. The lowest BCUT2D eigenvalue weighted by molar-refractivity contribution is -0.206. The number of ether oxygens (including phenoxy) is 1. The molecule has 6 nitrogen and oxygen atoms in total. The maximum Gasteiger partial charge on any atom is 0.492 e. The fourth-order valence-corrected chi connectivity index (χ4v) is 2.27. The van der Waals surface area contributed by atoms with Crippen LogP contribution < -0.4 is 5.48 Å². The Balaban J connectivity index is 2.11. The molecule has 0 aliphatic heterocycles. The van der Waals surface area contributed by atoms with Crippen LogP contribution in [0.1, 0.15) is 26.3 Å². The van der Waals surface area contributed by atoms with Crippen LogP contribution in [0, 0.1) is 0 Å². The first-order valence-electron chi connectivity index (χ1n) is 7.82. The molecule has 0 aliphatic carbocycles. The van der Waals surface area contributed by atoms with Crippen LogP contribution in [0.15, 0.2) is 30.5 Å². The van der Waals surface area contributed by atoms with E-state index in [1.165, 1.54) is 4.57 Å². The molecule has 0 fully saturated rings. The first-order valence-corrected chi connectivity index (χ1v) is 7.82. The van der Waals surface area contributed by atoms with E-state index < -0.39 is 23.8 Å². The maximum absolute atomic E-state index is 12.3. The summed E-state index contributed by atoms with van der Waals surface area (Å²) in [4.78, 5) is 26.9. The highest BCUT2D eigenvalue weighted by Gasteiger charge is 2.41. The highest BCUT2D eigenvalue weighted by Crippen LogP contribution is 2.23. The number of fused-ring (bicyclic) bond motifs is 1. The molecule has 26 heavy (non-hydrogen) atoms. The van der Waals surface area contributed by atoms with Crippen LogP contribution in [-0.2, 0) is 20.8 Å². The molecule has 0 radical (unpaired) electrons. The molecule has 0 aliphatic rings. The zero-order chi connectivity index (χ0) is 19.5. The van der Waals surface area contributed by atoms with Gasteiger partial charge >= 0.3 is 18.2 Å². The van der Waals surface area contributed by atoms with Crippen molar-refractivity contribution in [2.75, 3.05) is 6.54 Å². The minimum Gasteiger partial charge on any atom is -0.443 e. The molecular weight excluding hydrogens is 353 g/mol. The number of nitrogens with zero attached hydrogens (tertiary/aromatic N) is 1. The van der Waals surface area contributed by atoms with Crippen LogP contribution in [0.3, 0.4) is 0 Å². The predicted molar refractivity (Wildman–Crippen MR) is 87.4 cm³/mol. The van der Waals surface area contributed by atoms with E-state index in [0.29, 0.717) is 11.1 Å². The van der Waals surface area contributed by atoms with Gasteiger partial charge in [0.1, 0.15) is 5.60 Å². The summed E-state index contributed by atoms with van der Waals surface area (Å²) in [6.07, 6.45) is -3.82. The second-order valence-corrected chi connectivity index (χ2v) is 6.55. The van der Waals surface area contributed by atoms with Gasteiger partial charge in [-0.15, -0.1) is 0 Å². The Bertz CT molecular complexity index is 806. The van der Waals surface area contributed by atoms with Gasteiger partial charge in [-0.1, -0.05) is 18.2 Å². The van der Waals surface area contributed by atoms with Gasteiger partial charge in [-0.05, 0) is 38.8 Å². The maximum atomic E-state index is 12.3. The molecule has 1 heterocycles. The van der Waals surface area contributed by atoms with E-state index in [1.54, 1.807) is 51.2 Å². The van der Waals surface area contributed by atoms with Gasteiger partial charge in [0.2, 0.25) is 0 Å². The lowest BCUT2D eigenvalue weighted by Crippen LogP contribution is -2.32. The van der Waals surface area contributed by atoms with Crippen molar-refractivity contribution in [2.45, 2.75) is 39.0 Å². The van der Waals surface area contributed by atoms with Crippen LogP contribution in [0.5, 0.6) is 0 Å². The lowest BCUT2D eigenvalue weighted by Gasteiger charge is -2.19. The number of alkyl halides is 3. The molecule has 0 atom stereocenters. The van der Waals surface area contributed by atoms with E-state index in [1.807, 2.05) is 5.48 Å². The topological polar surface area (TPSA) is 69.6 Å². The molecule has 0 saturated carbocycles. The molecule has 2 rings (SSSR count). The molecule has 1 aromatic carbocycles. The summed E-state index contributed by atoms with van der Waals surface area (Å²) in [5, 5.41) is 0.752. The predicted octanol–water partition coefficient (Wildman–Crippen LogP) is 3.58. The summed E-state index contributed by atoms with van der Waals surface area (Å²) in [6, 6.07) is 7.06. The molecule has 2 aromatic rings. The van der Waals surface area contributed by atoms with Crippen LogP contribution in [0.25, 0.3) is 10.9 Å². The molecule has 9 heteroatoms. The van der Waals surface area contributed by atoms with E-state index in [-0.39, 0.29) is 13.0 Å². The second kappa shape index (κ2) is 7.36. The monoisotopic (exact) mass is 372 g/mol. The molecule has 0 bridgehead atoms. The van der Waals surface area contributed by atoms with Crippen LogP contribution in [-0.4, -0.2) is 35.0 Å². The normalized spacial score (nSPS) is 12.2. The summed E-state index contributed by atoms with van der Waals surface area (Å²) in [6.45, 7) is 5.19. The van der Waals surface area contributed by atoms with Crippen molar-refractivity contribution in [3.63, 3.8) is 0 Å². The summed E-state index contributed by atoms with van der Waals surface area (Å²) >= 11 is 0. The third-order valence-corrected chi connectivity index (χ3v) is 3.28.